The first kappa shape index (κ1) is 59.1. The zero-order chi connectivity index (χ0) is 40.2. The maximum absolute atomic E-state index is 5.52. The molecule has 5 saturated heterocycles. The first-order valence-corrected chi connectivity index (χ1v) is 21.5. The Balaban J connectivity index is -0.000000160. The molecule has 0 radical (unpaired) electrons. The minimum absolute atomic E-state index is 0.358. The summed E-state index contributed by atoms with van der Waals surface area (Å²) < 4.78 is 26.2. The molecule has 0 bridgehead atoms. The van der Waals surface area contributed by atoms with Crippen LogP contribution in [0, 0.1) is 39.9 Å². The molecule has 5 rings (SSSR count). The van der Waals surface area contributed by atoms with Crippen LogP contribution in [0.3, 0.4) is 0 Å². The fraction of sp³-hybridized carbons (Fsp3) is 1.00. The second-order valence-corrected chi connectivity index (χ2v) is 16.0. The highest BCUT2D eigenvalue weighted by molar-refractivity contribution is 4.78. The summed E-state index contributed by atoms with van der Waals surface area (Å²) >= 11 is 0. The molecule has 5 heterocycles. The molecule has 0 spiro atoms. The van der Waals surface area contributed by atoms with Crippen LogP contribution in [0.5, 0.6) is 0 Å². The highest BCUT2D eigenvalue weighted by Gasteiger charge is 2.29. The predicted molar refractivity (Wildman–Crippen MR) is 226 cm³/mol. The third kappa shape index (κ3) is 36.2. The summed E-state index contributed by atoms with van der Waals surface area (Å²) in [6.45, 7) is 53.8. The third-order valence-corrected chi connectivity index (χ3v) is 8.81. The highest BCUT2D eigenvalue weighted by Crippen LogP contribution is 2.33. The van der Waals surface area contributed by atoms with Crippen molar-refractivity contribution in [1.82, 2.24) is 0 Å². The van der Waals surface area contributed by atoms with Crippen molar-refractivity contribution >= 4 is 0 Å². The molecule has 0 saturated carbocycles. The lowest BCUT2D eigenvalue weighted by Crippen LogP contribution is -2.27. The zero-order valence-electron chi connectivity index (χ0n) is 38.7. The minimum atomic E-state index is 0.358. The van der Waals surface area contributed by atoms with E-state index >= 15 is 0 Å². The van der Waals surface area contributed by atoms with E-state index in [4.69, 9.17) is 23.7 Å². The summed E-state index contributed by atoms with van der Waals surface area (Å²) in [6.07, 6.45) is 9.31. The van der Waals surface area contributed by atoms with Crippen LogP contribution in [0.2, 0.25) is 0 Å². The lowest BCUT2D eigenvalue weighted by atomic mass is 9.76. The van der Waals surface area contributed by atoms with Gasteiger partial charge in [-0.2, -0.15) is 0 Å². The first-order chi connectivity index (χ1) is 23.6. The van der Waals surface area contributed by atoms with Crippen molar-refractivity contribution in [3.63, 3.8) is 0 Å². The van der Waals surface area contributed by atoms with Crippen molar-refractivity contribution in [3.05, 3.63) is 0 Å². The Labute approximate surface area is 318 Å². The van der Waals surface area contributed by atoms with Gasteiger partial charge < -0.3 is 23.7 Å². The fourth-order valence-corrected chi connectivity index (χ4v) is 5.35. The lowest BCUT2D eigenvalue weighted by molar-refractivity contribution is 0.0286. The minimum Gasteiger partial charge on any atom is -0.381 e. The normalized spacial score (nSPS) is 23.9. The summed E-state index contributed by atoms with van der Waals surface area (Å²) in [4.78, 5) is 0. The summed E-state index contributed by atoms with van der Waals surface area (Å²) in [7, 11) is 0. The molecular weight excluding hydrogens is 620 g/mol. The van der Waals surface area contributed by atoms with Gasteiger partial charge in [0.15, 0.2) is 0 Å². The third-order valence-electron chi connectivity index (χ3n) is 8.81. The average Bonchev–Trinajstić information content (AvgIpc) is 3.96. The van der Waals surface area contributed by atoms with Gasteiger partial charge in [0, 0.05) is 59.5 Å². The predicted octanol–water partition coefficient (Wildman–Crippen LogP) is 14.0. The van der Waals surface area contributed by atoms with E-state index < -0.39 is 0 Å². The molecule has 0 aliphatic carbocycles. The Morgan fingerprint density at radius 3 is 0.860 bits per heavy atom. The van der Waals surface area contributed by atoms with Crippen LogP contribution in [0.15, 0.2) is 0 Å². The second kappa shape index (κ2) is 38.5. The number of rotatable bonds is 0. The van der Waals surface area contributed by atoms with Crippen molar-refractivity contribution in [2.45, 2.75) is 196 Å². The molecular formula is C45H100O5. The Morgan fingerprint density at radius 1 is 0.360 bits per heavy atom. The summed E-state index contributed by atoms with van der Waals surface area (Å²) in [5, 5.41) is 0. The van der Waals surface area contributed by atoms with Gasteiger partial charge in [-0.1, -0.05) is 145 Å². The zero-order valence-corrected chi connectivity index (χ0v) is 38.7. The van der Waals surface area contributed by atoms with Crippen LogP contribution in [0.25, 0.3) is 0 Å². The molecule has 0 aromatic rings. The molecule has 5 fully saturated rings. The summed E-state index contributed by atoms with van der Waals surface area (Å²) in [5.74, 6) is 3.31. The van der Waals surface area contributed by atoms with E-state index in [2.05, 4.69) is 76.2 Å². The average molecular weight is 721 g/mol. The van der Waals surface area contributed by atoms with E-state index in [9.17, 15) is 0 Å². The van der Waals surface area contributed by atoms with E-state index in [0.717, 1.165) is 83.1 Å². The number of ether oxygens (including phenoxy) is 5. The Morgan fingerprint density at radius 2 is 0.700 bits per heavy atom. The number of hydrogen-bond acceptors (Lipinski definition) is 5. The van der Waals surface area contributed by atoms with Crippen molar-refractivity contribution in [2.75, 3.05) is 59.5 Å². The van der Waals surface area contributed by atoms with E-state index in [1.807, 2.05) is 69.2 Å². The monoisotopic (exact) mass is 721 g/mol. The Kier molecular flexibility index (Phi) is 45.5. The summed E-state index contributed by atoms with van der Waals surface area (Å²) in [6, 6.07) is 0. The van der Waals surface area contributed by atoms with Crippen molar-refractivity contribution < 1.29 is 23.7 Å². The first-order valence-electron chi connectivity index (χ1n) is 21.5. The molecule has 5 aliphatic rings. The standard InChI is InChI=1S/C9H18O.2C8H16O.2C5H10O.5C2H6/c1-9(2,3)8-4-6-10-7-5-8;1-8(2,3)7-4-5-9-6-7;1-8(2,3)7-5-4-6-9-7;2*1-5-2-3-6-4-5;5*1-2/h8H,4-7H2,1-3H3;2*7H,4-6H2,1-3H3;2*5H,2-4H2,1H3;5*1-2H3/t;;;2*5-;;;;;/m...10...../s1. The van der Waals surface area contributed by atoms with Gasteiger partial charge in [0.1, 0.15) is 0 Å². The van der Waals surface area contributed by atoms with Gasteiger partial charge in [0.05, 0.1) is 6.10 Å². The van der Waals surface area contributed by atoms with Crippen LogP contribution in [-0.4, -0.2) is 65.6 Å². The van der Waals surface area contributed by atoms with Crippen LogP contribution in [0.4, 0.5) is 0 Å². The molecule has 0 N–H and O–H groups in total. The molecule has 0 amide bonds. The summed E-state index contributed by atoms with van der Waals surface area (Å²) in [5.41, 5.74) is 1.30. The fourth-order valence-electron chi connectivity index (χ4n) is 5.35. The van der Waals surface area contributed by atoms with Crippen molar-refractivity contribution in [3.8, 4) is 0 Å². The van der Waals surface area contributed by atoms with Gasteiger partial charge in [0.25, 0.3) is 0 Å². The van der Waals surface area contributed by atoms with E-state index in [1.165, 1.54) is 44.9 Å². The van der Waals surface area contributed by atoms with E-state index in [0.29, 0.717) is 22.3 Å². The molecule has 0 aromatic carbocycles. The van der Waals surface area contributed by atoms with Crippen LogP contribution in [0.1, 0.15) is 190 Å². The molecule has 5 nitrogen and oxygen atoms in total. The number of hydrogen-bond donors (Lipinski definition) is 0. The molecule has 2 unspecified atom stereocenters. The Hall–Kier alpha value is -0.200. The van der Waals surface area contributed by atoms with Crippen LogP contribution < -0.4 is 0 Å². The largest absolute Gasteiger partial charge is 0.381 e. The van der Waals surface area contributed by atoms with E-state index in [1.54, 1.807) is 0 Å². The molecule has 50 heavy (non-hydrogen) atoms. The molecule has 0 aromatic heterocycles. The maximum atomic E-state index is 5.52. The van der Waals surface area contributed by atoms with Gasteiger partial charge in [-0.15, -0.1) is 0 Å². The van der Waals surface area contributed by atoms with Crippen LogP contribution >= 0.6 is 0 Å². The molecule has 4 atom stereocenters. The van der Waals surface area contributed by atoms with E-state index in [-0.39, 0.29) is 0 Å². The van der Waals surface area contributed by atoms with Crippen molar-refractivity contribution in [1.29, 1.82) is 0 Å². The van der Waals surface area contributed by atoms with Gasteiger partial charge in [-0.25, -0.2) is 0 Å². The van der Waals surface area contributed by atoms with Crippen molar-refractivity contribution in [2.24, 2.45) is 39.9 Å². The second-order valence-electron chi connectivity index (χ2n) is 16.0. The highest BCUT2D eigenvalue weighted by atomic mass is 16.5. The lowest BCUT2D eigenvalue weighted by Gasteiger charge is -2.33. The SMILES string of the molecule is CC.CC.CC.CC.CC.CC(C)(C)C1CCCO1.CC(C)(C)C1CCOC1.CC(C)(C)C1CCOCC1.C[C@@H]1CCOC1.C[C@H]1CCOC1. The van der Waals surface area contributed by atoms with Crippen LogP contribution in [-0.2, 0) is 23.7 Å². The smallest absolute Gasteiger partial charge is 0.0624 e. The molecule has 5 aliphatic heterocycles. The quantitative estimate of drug-likeness (QED) is 0.249. The molecule has 310 valence electrons. The Bertz CT molecular complexity index is 546. The van der Waals surface area contributed by atoms with Gasteiger partial charge >= 0.3 is 0 Å². The topological polar surface area (TPSA) is 46.2 Å². The van der Waals surface area contributed by atoms with Gasteiger partial charge in [0.2, 0.25) is 0 Å². The van der Waals surface area contributed by atoms with Gasteiger partial charge in [-0.05, 0) is 84.9 Å². The van der Waals surface area contributed by atoms with Gasteiger partial charge in [-0.3, -0.25) is 0 Å². The maximum Gasteiger partial charge on any atom is 0.0624 e. The molecule has 5 heteroatoms.